The largest absolute Gasteiger partial charge is 0.246 e. The van der Waals surface area contributed by atoms with E-state index in [-0.39, 0.29) is 0 Å². The first-order valence-corrected chi connectivity index (χ1v) is 6.01. The van der Waals surface area contributed by atoms with Gasteiger partial charge < -0.3 is 0 Å². The van der Waals surface area contributed by atoms with E-state index in [0.29, 0.717) is 0 Å². The number of rotatable bonds is 2. The van der Waals surface area contributed by atoms with Crippen LogP contribution in [0, 0.1) is 25.7 Å². The van der Waals surface area contributed by atoms with Crippen molar-refractivity contribution in [2.45, 2.75) is 39.0 Å². The molecule has 1 heterocycles. The zero-order chi connectivity index (χ0) is 9.00. The number of nitrogens with zero attached hydrogens (tertiary/aromatic N) is 1. The number of aromatic nitrogens is 1. The lowest BCUT2D eigenvalue weighted by molar-refractivity contribution is 0.684. The molecule has 13 heavy (non-hydrogen) atoms. The minimum absolute atomic E-state index is 0.845. The van der Waals surface area contributed by atoms with Gasteiger partial charge in [0.15, 0.2) is 0 Å². The van der Waals surface area contributed by atoms with Gasteiger partial charge in [0, 0.05) is 10.8 Å². The molecule has 0 amide bonds. The van der Waals surface area contributed by atoms with Gasteiger partial charge in [0.25, 0.3) is 0 Å². The monoisotopic (exact) mass is 193 g/mol. The van der Waals surface area contributed by atoms with Gasteiger partial charge in [-0.3, -0.25) is 0 Å². The van der Waals surface area contributed by atoms with Crippen LogP contribution in [0.3, 0.4) is 0 Å². The van der Waals surface area contributed by atoms with Gasteiger partial charge in [-0.25, -0.2) is 4.98 Å². The van der Waals surface area contributed by atoms with Crippen LogP contribution in [0.2, 0.25) is 0 Å². The number of aryl methyl sites for hydroxylation is 2. The molecule has 0 saturated heterocycles. The first-order valence-electron chi connectivity index (χ1n) is 5.19. The highest BCUT2D eigenvalue weighted by Crippen LogP contribution is 2.59. The van der Waals surface area contributed by atoms with Gasteiger partial charge in [-0.2, -0.15) is 0 Å². The molecule has 2 atom stereocenters. The Hall–Kier alpha value is -0.370. The van der Waals surface area contributed by atoms with E-state index in [1.165, 1.54) is 34.8 Å². The number of hydrogen-bond acceptors (Lipinski definition) is 2. The molecule has 0 radical (unpaired) electrons. The molecule has 1 aromatic heterocycles. The van der Waals surface area contributed by atoms with E-state index < -0.39 is 0 Å². The predicted octanol–water partition coefficient (Wildman–Crippen LogP) is 3.27. The Balaban J connectivity index is 1.81. The highest BCUT2D eigenvalue weighted by Gasteiger charge is 2.49. The lowest BCUT2D eigenvalue weighted by atomic mass is 10.1. The summed E-state index contributed by atoms with van der Waals surface area (Å²) >= 11 is 1.86. The zero-order valence-corrected chi connectivity index (χ0v) is 9.03. The van der Waals surface area contributed by atoms with Gasteiger partial charge in [0.2, 0.25) is 0 Å². The van der Waals surface area contributed by atoms with Crippen LogP contribution in [-0.4, -0.2) is 4.98 Å². The van der Waals surface area contributed by atoms with Crippen LogP contribution in [-0.2, 0) is 0 Å². The van der Waals surface area contributed by atoms with Gasteiger partial charge in [-0.05, 0) is 44.9 Å². The van der Waals surface area contributed by atoms with E-state index in [1.807, 2.05) is 11.3 Å². The second-order valence-corrected chi connectivity index (χ2v) is 5.93. The third kappa shape index (κ3) is 1.32. The summed E-state index contributed by atoms with van der Waals surface area (Å²) in [6.45, 7) is 4.35. The summed E-state index contributed by atoms with van der Waals surface area (Å²) in [4.78, 5) is 6.11. The molecule has 1 aromatic rings. The van der Waals surface area contributed by atoms with E-state index in [4.69, 9.17) is 0 Å². The Bertz CT molecular complexity index is 338. The minimum atomic E-state index is 0.845. The molecule has 0 aromatic carbocycles. The Labute approximate surface area is 83.2 Å². The highest BCUT2D eigenvalue weighted by atomic mass is 32.1. The Kier molecular flexibility index (Phi) is 1.58. The summed E-state index contributed by atoms with van der Waals surface area (Å²) in [7, 11) is 0. The van der Waals surface area contributed by atoms with Gasteiger partial charge >= 0.3 is 0 Å². The number of hydrogen-bond donors (Lipinski definition) is 0. The van der Waals surface area contributed by atoms with Gasteiger partial charge in [0.1, 0.15) is 0 Å². The second kappa shape index (κ2) is 2.57. The molecule has 2 aliphatic rings. The van der Waals surface area contributed by atoms with Crippen molar-refractivity contribution >= 4 is 11.3 Å². The fraction of sp³-hybridized carbons (Fsp3) is 0.727. The van der Waals surface area contributed by atoms with Crippen LogP contribution in [0.5, 0.6) is 0 Å². The molecule has 2 aliphatic carbocycles. The fourth-order valence-electron chi connectivity index (χ4n) is 2.46. The van der Waals surface area contributed by atoms with Crippen molar-refractivity contribution in [3.63, 3.8) is 0 Å². The first kappa shape index (κ1) is 7.98. The Morgan fingerprint density at radius 1 is 1.31 bits per heavy atom. The van der Waals surface area contributed by atoms with Crippen LogP contribution in [0.15, 0.2) is 0 Å². The van der Waals surface area contributed by atoms with E-state index in [9.17, 15) is 0 Å². The maximum Gasteiger partial charge on any atom is 0.0900 e. The standard InChI is InChI=1S/C11H15NS/c1-6-11(12-7(2)13-6)10-5-9(10)8-3-4-8/h8-10H,3-5H2,1-2H3. The van der Waals surface area contributed by atoms with Crippen molar-refractivity contribution in [2.75, 3.05) is 0 Å². The highest BCUT2D eigenvalue weighted by molar-refractivity contribution is 7.11. The lowest BCUT2D eigenvalue weighted by Gasteiger charge is -1.94. The van der Waals surface area contributed by atoms with E-state index in [2.05, 4.69) is 18.8 Å². The van der Waals surface area contributed by atoms with Crippen LogP contribution in [0.25, 0.3) is 0 Å². The Morgan fingerprint density at radius 3 is 2.62 bits per heavy atom. The smallest absolute Gasteiger partial charge is 0.0900 e. The third-order valence-electron chi connectivity index (χ3n) is 3.36. The summed E-state index contributed by atoms with van der Waals surface area (Å²) < 4.78 is 0. The van der Waals surface area contributed by atoms with Gasteiger partial charge in [-0.1, -0.05) is 0 Å². The molecule has 2 unspecified atom stereocenters. The number of thiazole rings is 1. The van der Waals surface area contributed by atoms with Crippen molar-refractivity contribution in [1.82, 2.24) is 4.98 Å². The molecule has 2 fully saturated rings. The molecule has 0 bridgehead atoms. The molecule has 0 N–H and O–H groups in total. The summed E-state index contributed by atoms with van der Waals surface area (Å²) in [5.74, 6) is 2.93. The molecule has 1 nitrogen and oxygen atoms in total. The summed E-state index contributed by atoms with van der Waals surface area (Å²) in [5, 5.41) is 1.24. The topological polar surface area (TPSA) is 12.9 Å². The Morgan fingerprint density at radius 2 is 2.08 bits per heavy atom. The summed E-state index contributed by atoms with van der Waals surface area (Å²) in [5.41, 5.74) is 1.43. The molecular weight excluding hydrogens is 178 g/mol. The van der Waals surface area contributed by atoms with Crippen molar-refractivity contribution in [2.24, 2.45) is 11.8 Å². The molecule has 2 saturated carbocycles. The van der Waals surface area contributed by atoms with Crippen molar-refractivity contribution in [3.8, 4) is 0 Å². The molecule has 0 spiro atoms. The molecule has 3 rings (SSSR count). The van der Waals surface area contributed by atoms with Crippen molar-refractivity contribution < 1.29 is 0 Å². The molecule has 2 heteroatoms. The minimum Gasteiger partial charge on any atom is -0.246 e. The average Bonchev–Trinajstić information content (AvgIpc) is 2.94. The van der Waals surface area contributed by atoms with Gasteiger partial charge in [-0.15, -0.1) is 11.3 Å². The fourth-order valence-corrected chi connectivity index (χ4v) is 3.35. The molecule has 0 aliphatic heterocycles. The third-order valence-corrected chi connectivity index (χ3v) is 4.26. The first-order chi connectivity index (χ1) is 6.25. The van der Waals surface area contributed by atoms with E-state index >= 15 is 0 Å². The van der Waals surface area contributed by atoms with E-state index in [1.54, 1.807) is 0 Å². The quantitative estimate of drug-likeness (QED) is 0.702. The average molecular weight is 193 g/mol. The summed E-state index contributed by atoms with van der Waals surface area (Å²) in [6, 6.07) is 0. The van der Waals surface area contributed by atoms with Crippen LogP contribution >= 0.6 is 11.3 Å². The SMILES string of the molecule is Cc1nc(C2CC2C2CC2)c(C)s1. The normalized spacial score (nSPS) is 32.2. The van der Waals surface area contributed by atoms with E-state index in [0.717, 1.165) is 17.8 Å². The zero-order valence-electron chi connectivity index (χ0n) is 8.21. The molecule has 70 valence electrons. The lowest BCUT2D eigenvalue weighted by Crippen LogP contribution is -1.88. The van der Waals surface area contributed by atoms with Crippen LogP contribution in [0.4, 0.5) is 0 Å². The molecular formula is C11H15NS. The van der Waals surface area contributed by atoms with Crippen molar-refractivity contribution in [1.29, 1.82) is 0 Å². The second-order valence-electron chi connectivity index (χ2n) is 4.52. The predicted molar refractivity (Wildman–Crippen MR) is 55.2 cm³/mol. The van der Waals surface area contributed by atoms with Crippen LogP contribution < -0.4 is 0 Å². The van der Waals surface area contributed by atoms with Crippen LogP contribution in [0.1, 0.15) is 40.8 Å². The summed E-state index contributed by atoms with van der Waals surface area (Å²) in [6.07, 6.45) is 4.40. The maximum absolute atomic E-state index is 4.65. The maximum atomic E-state index is 4.65. The van der Waals surface area contributed by atoms with Gasteiger partial charge in [0.05, 0.1) is 10.7 Å². The van der Waals surface area contributed by atoms with Crippen molar-refractivity contribution in [3.05, 3.63) is 15.6 Å².